The normalized spacial score (nSPS) is 11.8. The summed E-state index contributed by atoms with van der Waals surface area (Å²) in [5.74, 6) is 4.31. The van der Waals surface area contributed by atoms with Gasteiger partial charge in [0.25, 0.3) is 22.7 Å². The number of nitrogens with zero attached hydrogens (tertiary/aromatic N) is 1. The number of rotatable bonds is 8. The lowest BCUT2D eigenvalue weighted by molar-refractivity contribution is -0.120. The molecule has 2 amide bonds. The fourth-order valence-corrected chi connectivity index (χ4v) is 3.28. The number of phenols is 1. The fraction of sp³-hybridized carbons (Fsp3) is 0.217. The van der Waals surface area contributed by atoms with E-state index in [0.717, 1.165) is 5.01 Å². The molecule has 10 nitrogen and oxygen atoms in total. The molecule has 3 rings (SSSR count). The smallest absolute Gasteiger partial charge is 0.263 e. The molecule has 10 heteroatoms. The zero-order valence-corrected chi connectivity index (χ0v) is 18.4. The summed E-state index contributed by atoms with van der Waals surface area (Å²) < 4.78 is 0. The van der Waals surface area contributed by atoms with E-state index in [1.807, 2.05) is 0 Å². The second-order valence-electron chi connectivity index (χ2n) is 7.72. The predicted molar refractivity (Wildman–Crippen MR) is 126 cm³/mol. The van der Waals surface area contributed by atoms with E-state index in [1.165, 1.54) is 25.2 Å². The van der Waals surface area contributed by atoms with Crippen LogP contribution < -0.4 is 37.7 Å². The molecule has 0 bridgehead atoms. The summed E-state index contributed by atoms with van der Waals surface area (Å²) in [6.07, 6.45) is 0. The Balaban J connectivity index is 1.89. The van der Waals surface area contributed by atoms with Gasteiger partial charge in [0.15, 0.2) is 5.75 Å². The summed E-state index contributed by atoms with van der Waals surface area (Å²) in [6.45, 7) is 3.54. The van der Waals surface area contributed by atoms with Gasteiger partial charge in [-0.25, -0.2) is 10.9 Å². The van der Waals surface area contributed by atoms with Crippen molar-refractivity contribution in [2.24, 2.45) is 11.8 Å². The topological polar surface area (TPSA) is 154 Å². The van der Waals surface area contributed by atoms with Crippen LogP contribution in [0.4, 0.5) is 22.7 Å². The lowest BCUT2D eigenvalue weighted by atomic mass is 10.0. The van der Waals surface area contributed by atoms with Gasteiger partial charge in [-0.15, -0.1) is 0 Å². The Hall–Kier alpha value is -4.18. The van der Waals surface area contributed by atoms with Gasteiger partial charge in [0.1, 0.15) is 17.4 Å². The molecular formula is C23H25N5O5. The molecule has 0 aromatic heterocycles. The van der Waals surface area contributed by atoms with E-state index in [1.54, 1.807) is 44.2 Å². The van der Waals surface area contributed by atoms with Crippen LogP contribution in [0.3, 0.4) is 0 Å². The van der Waals surface area contributed by atoms with Crippen LogP contribution in [0.1, 0.15) is 24.2 Å². The molecule has 3 aromatic rings. The molecule has 0 saturated heterocycles. The second-order valence-corrected chi connectivity index (χ2v) is 7.72. The minimum Gasteiger partial charge on any atom is -0.505 e. The van der Waals surface area contributed by atoms with E-state index >= 15 is 0 Å². The van der Waals surface area contributed by atoms with Crippen LogP contribution in [0.5, 0.6) is 5.75 Å². The number of hydrogen-bond donors (Lipinski definition) is 5. The first kappa shape index (κ1) is 23.5. The van der Waals surface area contributed by atoms with Crippen molar-refractivity contribution in [3.63, 3.8) is 0 Å². The van der Waals surface area contributed by atoms with Gasteiger partial charge in [0.2, 0.25) is 0 Å². The van der Waals surface area contributed by atoms with Crippen molar-refractivity contribution in [2.75, 3.05) is 22.7 Å². The third-order valence-electron chi connectivity index (χ3n) is 5.18. The number of para-hydroxylation sites is 2. The number of nitrogens with one attached hydrogen (secondary N) is 3. The molecule has 0 heterocycles. The number of anilines is 4. The molecule has 172 valence electrons. The van der Waals surface area contributed by atoms with E-state index in [9.17, 15) is 24.3 Å². The Kier molecular flexibility index (Phi) is 6.78. The van der Waals surface area contributed by atoms with Crippen LogP contribution in [0.25, 0.3) is 0 Å². The van der Waals surface area contributed by atoms with Crippen molar-refractivity contribution in [3.05, 3.63) is 74.5 Å². The zero-order chi connectivity index (χ0) is 24.3. The third-order valence-corrected chi connectivity index (χ3v) is 5.18. The summed E-state index contributed by atoms with van der Waals surface area (Å²) in [7, 11) is 1.42. The van der Waals surface area contributed by atoms with Crippen molar-refractivity contribution >= 4 is 34.6 Å². The van der Waals surface area contributed by atoms with Crippen LogP contribution in [0.15, 0.2) is 58.1 Å². The maximum Gasteiger partial charge on any atom is 0.263 e. The Morgan fingerprint density at radius 1 is 0.970 bits per heavy atom. The average Bonchev–Trinajstić information content (AvgIpc) is 2.83. The minimum atomic E-state index is -0.912. The number of nitrogens with two attached hydrogens (primary N) is 1. The number of carbonyl (C=O) groups excluding carboxylic acids is 2. The van der Waals surface area contributed by atoms with Crippen LogP contribution in [0, 0.1) is 5.92 Å². The van der Waals surface area contributed by atoms with Crippen LogP contribution >= 0.6 is 0 Å². The fourth-order valence-electron chi connectivity index (χ4n) is 3.28. The quantitative estimate of drug-likeness (QED) is 0.113. The highest BCUT2D eigenvalue weighted by molar-refractivity contribution is 6.00. The Morgan fingerprint density at radius 3 is 2.21 bits per heavy atom. The van der Waals surface area contributed by atoms with Crippen molar-refractivity contribution in [3.8, 4) is 5.75 Å². The SMILES string of the molecule is CNC(=O)c1cccc(Nc2c(N[C@H](C(=O)N(N)c3ccccc3)C(C)C)c(=O)c2=O)c1O. The molecule has 0 aliphatic carbocycles. The molecule has 0 fully saturated rings. The van der Waals surface area contributed by atoms with Gasteiger partial charge in [-0.1, -0.05) is 38.1 Å². The van der Waals surface area contributed by atoms with E-state index in [4.69, 9.17) is 5.84 Å². The maximum atomic E-state index is 13.0. The third kappa shape index (κ3) is 4.55. The van der Waals surface area contributed by atoms with Crippen LogP contribution in [-0.2, 0) is 4.79 Å². The van der Waals surface area contributed by atoms with E-state index in [0.29, 0.717) is 5.69 Å². The van der Waals surface area contributed by atoms with Gasteiger partial charge in [0.05, 0.1) is 16.9 Å². The molecule has 1 atom stereocenters. The van der Waals surface area contributed by atoms with Gasteiger partial charge < -0.3 is 21.1 Å². The van der Waals surface area contributed by atoms with Gasteiger partial charge in [-0.05, 0) is 30.2 Å². The van der Waals surface area contributed by atoms with E-state index in [-0.39, 0.29) is 34.3 Å². The molecule has 0 saturated carbocycles. The van der Waals surface area contributed by atoms with Crippen molar-refractivity contribution in [1.82, 2.24) is 5.32 Å². The van der Waals surface area contributed by atoms with Crippen LogP contribution in [0.2, 0.25) is 0 Å². The molecular weight excluding hydrogens is 426 g/mol. The second kappa shape index (κ2) is 9.53. The summed E-state index contributed by atoms with van der Waals surface area (Å²) in [4.78, 5) is 49.5. The van der Waals surface area contributed by atoms with Crippen molar-refractivity contribution in [1.29, 1.82) is 0 Å². The number of hydrogen-bond acceptors (Lipinski definition) is 8. The first-order chi connectivity index (χ1) is 15.7. The van der Waals surface area contributed by atoms with Gasteiger partial charge in [-0.2, -0.15) is 0 Å². The maximum absolute atomic E-state index is 13.0. The first-order valence-corrected chi connectivity index (χ1v) is 10.2. The number of benzene rings is 2. The molecule has 0 unspecified atom stereocenters. The summed E-state index contributed by atoms with van der Waals surface area (Å²) in [5, 5.41) is 19.3. The summed E-state index contributed by atoms with van der Waals surface area (Å²) in [5.41, 5.74) is -1.32. The largest absolute Gasteiger partial charge is 0.505 e. The number of phenolic OH excluding ortho intramolecular Hbond substituents is 1. The zero-order valence-electron chi connectivity index (χ0n) is 18.4. The summed E-state index contributed by atoms with van der Waals surface area (Å²) in [6, 6.07) is 12.1. The molecule has 33 heavy (non-hydrogen) atoms. The number of carbonyl (C=O) groups is 2. The number of amides is 2. The molecule has 3 aromatic carbocycles. The molecule has 0 spiro atoms. The first-order valence-electron chi connectivity index (χ1n) is 10.2. The van der Waals surface area contributed by atoms with Crippen molar-refractivity contribution in [2.45, 2.75) is 19.9 Å². The number of aromatic hydroxyl groups is 1. The highest BCUT2D eigenvalue weighted by atomic mass is 16.3. The lowest BCUT2D eigenvalue weighted by Crippen LogP contribution is -2.51. The molecule has 0 aliphatic rings. The highest BCUT2D eigenvalue weighted by Gasteiger charge is 2.31. The summed E-state index contributed by atoms with van der Waals surface area (Å²) >= 11 is 0. The minimum absolute atomic E-state index is 0.00687. The average molecular weight is 451 g/mol. The van der Waals surface area contributed by atoms with Gasteiger partial charge in [0, 0.05) is 7.05 Å². The number of hydrazine groups is 1. The Morgan fingerprint density at radius 2 is 1.61 bits per heavy atom. The lowest BCUT2D eigenvalue weighted by Gasteiger charge is -2.28. The molecule has 0 radical (unpaired) electrons. The molecule has 6 N–H and O–H groups in total. The molecule has 0 aliphatic heterocycles. The highest BCUT2D eigenvalue weighted by Crippen LogP contribution is 2.32. The monoisotopic (exact) mass is 451 g/mol. The Bertz CT molecular complexity index is 1250. The van der Waals surface area contributed by atoms with E-state index in [2.05, 4.69) is 16.0 Å². The van der Waals surface area contributed by atoms with Crippen LogP contribution in [-0.4, -0.2) is 30.0 Å². The van der Waals surface area contributed by atoms with E-state index < -0.39 is 28.7 Å². The van der Waals surface area contributed by atoms with Gasteiger partial charge >= 0.3 is 0 Å². The van der Waals surface area contributed by atoms with Gasteiger partial charge in [-0.3, -0.25) is 19.2 Å². The Labute approximate surface area is 189 Å². The predicted octanol–water partition coefficient (Wildman–Crippen LogP) is 1.43. The van der Waals surface area contributed by atoms with Crippen molar-refractivity contribution < 1.29 is 14.7 Å². The standard InChI is InChI=1S/C23H25N5O5/c1-12(2)16(23(33)28(24)13-8-5-4-6-9-13)27-18-17(20(30)21(18)31)26-15-11-7-10-14(19(15)29)22(32)25-3/h4-12,16,26-27,29H,24H2,1-3H3,(H,25,32)/t16-/m0/s1.